The molecular weight excluding hydrogens is 2040 g/mol. The molecular formula is C84H142N6O59. The number of carbonyl (C=O) groups is 6. The first-order valence-corrected chi connectivity index (χ1v) is 47.8. The van der Waals surface area contributed by atoms with Crippen LogP contribution in [-0.2, 0) is 133 Å². The zero-order chi connectivity index (χ0) is 110. The normalized spacial score (nSPS) is 46.8. The molecule has 0 radical (unpaired) electrons. The SMILES string of the molecule is CC(=O)N[C@@H]1[C@H](O[C@H]2[C@H](O[C@H]3O[C@H](CO)[C@@H](O)[C@H](O)[C@@H]3O[C@@H]3O[C@H](CO)[C@@H](O[C@@H]4O[C@H](CO)[C@H](O)[C@H](O[C@H]5O[C@H](CO)[C@H](O)[C@H](O)[C@H]5NC(C)=O)[C@H]4O[C@@H]4O[C@@H](C)[C@@H](O)[C@@H](O)[C@@H]4O)[C@H](O)[C@H]3NC(C)=O)[C@H](O)[C@H](O[C@H]3[C@H](O)[C@@H](NC(C)=O)[C@H](O[C@@H]([C@H](O)[C@H](CO)NC(C)=O)[C@H](O)CO[C@@H]4O[C@@H](C)[C@@H](O)[C@@H](O)[C@@H]4O)O[C@@H]3CO)O[C@@H]2CO[C@H]2O[C@H](CO)[C@@H](O)[C@H](O)[C@@H]2O[C@@H]2O[C@H](CO)[C@@H](O)[C@H](O)[C@H]2NC(C)=O)O[C@H](CO)[C@@H](O)[C@@H]1O. The lowest BCUT2D eigenvalue weighted by atomic mass is 9.93. The molecule has 862 valence electrons. The average molecular weight is 2180 g/mol. The van der Waals surface area contributed by atoms with E-state index in [0.717, 1.165) is 41.5 Å². The third-order valence-electron chi connectivity index (χ3n) is 27.1. The van der Waals surface area contributed by atoms with Crippen molar-refractivity contribution >= 4 is 35.4 Å². The van der Waals surface area contributed by atoms with Crippen molar-refractivity contribution in [1.29, 1.82) is 0 Å². The smallest absolute Gasteiger partial charge is 0.217 e. The van der Waals surface area contributed by atoms with Crippen molar-refractivity contribution in [3.05, 3.63) is 0 Å². The lowest BCUT2D eigenvalue weighted by molar-refractivity contribution is -0.411. The quantitative estimate of drug-likeness (QED) is 0.0270. The molecule has 0 unspecified atom stereocenters. The summed E-state index contributed by atoms with van der Waals surface area (Å²) in [7, 11) is 0. The van der Waals surface area contributed by atoms with E-state index in [0.29, 0.717) is 0 Å². The van der Waals surface area contributed by atoms with E-state index in [1.165, 1.54) is 13.8 Å². The molecule has 11 heterocycles. The minimum atomic E-state index is -2.89. The second-order valence-electron chi connectivity index (χ2n) is 37.8. The zero-order valence-corrected chi connectivity index (χ0v) is 81.1. The van der Waals surface area contributed by atoms with Crippen LogP contribution in [0.15, 0.2) is 0 Å². The summed E-state index contributed by atoms with van der Waals surface area (Å²) < 4.78 is 136. The number of amides is 6. The summed E-state index contributed by atoms with van der Waals surface area (Å²) in [6.07, 6.45) is -118. The van der Waals surface area contributed by atoms with Gasteiger partial charge in [0.2, 0.25) is 35.4 Å². The van der Waals surface area contributed by atoms with Crippen LogP contribution < -0.4 is 31.9 Å². The molecule has 65 nitrogen and oxygen atoms in total. The van der Waals surface area contributed by atoms with Gasteiger partial charge < -0.3 is 294 Å². The van der Waals surface area contributed by atoms with Crippen LogP contribution in [0.5, 0.6) is 0 Å². The second kappa shape index (κ2) is 54.8. The molecule has 11 rings (SSSR count). The minimum absolute atomic E-state index is 0.834. The van der Waals surface area contributed by atoms with Crippen molar-refractivity contribution in [3.63, 3.8) is 0 Å². The lowest BCUT2D eigenvalue weighted by Crippen LogP contribution is -2.71. The molecule has 0 aromatic carbocycles. The molecule has 6 amide bonds. The van der Waals surface area contributed by atoms with Crippen LogP contribution in [0, 0.1) is 0 Å². The van der Waals surface area contributed by atoms with Gasteiger partial charge in [0.15, 0.2) is 69.2 Å². The molecule has 149 heavy (non-hydrogen) atoms. The summed E-state index contributed by atoms with van der Waals surface area (Å²) in [6.45, 7) is -5.85. The first-order valence-electron chi connectivity index (χ1n) is 47.8. The predicted molar refractivity (Wildman–Crippen MR) is 464 cm³/mol. The highest BCUT2D eigenvalue weighted by molar-refractivity contribution is 5.75. The van der Waals surface area contributed by atoms with Gasteiger partial charge in [-0.15, -0.1) is 0 Å². The minimum Gasteiger partial charge on any atom is -0.394 e. The molecule has 0 aromatic rings. The van der Waals surface area contributed by atoms with Crippen LogP contribution >= 0.6 is 0 Å². The summed E-state index contributed by atoms with van der Waals surface area (Å²) >= 11 is 0. The number of ether oxygens (including phenoxy) is 22. The van der Waals surface area contributed by atoms with Crippen LogP contribution in [0.2, 0.25) is 0 Å². The fourth-order valence-corrected chi connectivity index (χ4v) is 19.1. The molecule has 0 bridgehead atoms. The highest BCUT2D eigenvalue weighted by Gasteiger charge is 2.64. The Hall–Kier alpha value is -5.30. The first-order chi connectivity index (χ1) is 70.4. The fourth-order valence-electron chi connectivity index (χ4n) is 19.1. The van der Waals surface area contributed by atoms with Gasteiger partial charge in [0.25, 0.3) is 0 Å². The standard InChI is InChI=1S/C84H142N6O59/c1-20-44(107)58(121)62(125)79(130-20)128-18-29(106)65(46(109)28(9-91)85-22(3)100)141-77-42(89-26(7)104)56(119)66(36(16-98)138-77)142-81-64(127)70(68(144-74-39(86-23(4)101)53(116)47(110)30(10-92)132-74)38(140-81)19-129-82-71(60(123)50(113)33(13-95)135-82)147-76-41(88-25(6)103)55(118)49(112)32(12-94)134-76)146-83-72(61(124)51(114)34(14-96)136-83)148-78-43(90-27(8)105)57(120)67(37(17-99)139-78)143-84-73(149-80-63(126)59(122)45(108)21(2)131-80)69(52(115)35(15-97)137-84)145-75-40(87-24(5)102)54(117)48(111)31(11-93)133-75/h20-21,28-84,91-99,106-127H,9-19H2,1-8H3,(H,85,100)(H,86,101)(H,87,102)(H,88,103)(H,89,104)(H,90,105)/t20-,21-,28-,29+,30+,31+,32+,33+,34+,35+,36+,37+,38+,39-,40+,41+,42+,43+,44+,45+,46+,47+,48-,49+,50+,51+,52-,53+,54+,55+,56+,57+,58+,59+,60-,61-,62-,63-,64-,65+,66+,67+,68+,69-,70+,71-,72-,73+,74-,75+,76-,77-,78-,79+,80-,81-,82-,83+,84-/m0/s1. The number of carbonyl (C=O) groups excluding carboxylic acids is 6. The summed E-state index contributed by atoms with van der Waals surface area (Å²) in [5, 5.41) is 369. The first kappa shape index (κ1) is 124. The average Bonchev–Trinajstić information content (AvgIpc) is 0.482. The van der Waals surface area contributed by atoms with Gasteiger partial charge in [0, 0.05) is 41.5 Å². The highest BCUT2D eigenvalue weighted by Crippen LogP contribution is 2.43. The van der Waals surface area contributed by atoms with E-state index in [4.69, 9.17) is 104 Å². The van der Waals surface area contributed by atoms with Gasteiger partial charge in [-0.1, -0.05) is 0 Å². The predicted octanol–water partition coefficient (Wildman–Crippen LogP) is -24.6. The molecule has 0 spiro atoms. The lowest BCUT2D eigenvalue weighted by Gasteiger charge is -2.52. The number of nitrogens with one attached hydrogen (secondary N) is 6. The van der Waals surface area contributed by atoms with Gasteiger partial charge >= 0.3 is 0 Å². The van der Waals surface area contributed by atoms with Crippen LogP contribution in [0.3, 0.4) is 0 Å². The van der Waals surface area contributed by atoms with Gasteiger partial charge in [0.05, 0.1) is 90.9 Å². The van der Waals surface area contributed by atoms with Crippen molar-refractivity contribution < 1.29 is 291 Å². The van der Waals surface area contributed by atoms with Crippen molar-refractivity contribution in [3.8, 4) is 0 Å². The number of rotatable bonds is 42. The second-order valence-corrected chi connectivity index (χ2v) is 37.8. The van der Waals surface area contributed by atoms with Crippen LogP contribution in [0.1, 0.15) is 55.4 Å². The van der Waals surface area contributed by atoms with E-state index in [1.54, 1.807) is 0 Å². The fraction of sp³-hybridized carbons (Fsp3) is 0.929. The van der Waals surface area contributed by atoms with E-state index in [2.05, 4.69) is 31.9 Å². The van der Waals surface area contributed by atoms with Gasteiger partial charge in [-0.3, -0.25) is 28.8 Å². The van der Waals surface area contributed by atoms with Crippen LogP contribution in [-0.4, -0.2) is 628 Å². The summed E-state index contributed by atoms with van der Waals surface area (Å²) in [5.74, 6) is -6.05. The third kappa shape index (κ3) is 28.5. The van der Waals surface area contributed by atoms with E-state index in [9.17, 15) is 187 Å². The molecule has 37 N–H and O–H groups in total. The highest BCUT2D eigenvalue weighted by atomic mass is 16.8. The molecule has 11 aliphatic rings. The Morgan fingerprint density at radius 1 is 0.248 bits per heavy atom. The maximum Gasteiger partial charge on any atom is 0.217 e. The maximum absolute atomic E-state index is 13.7. The largest absolute Gasteiger partial charge is 0.394 e. The monoisotopic (exact) mass is 2180 g/mol. The number of aliphatic hydroxyl groups excluding tert-OH is 31. The Labute approximate surface area is 845 Å². The Bertz CT molecular complexity index is 4170. The summed E-state index contributed by atoms with van der Waals surface area (Å²) in [4.78, 5) is 78.7. The van der Waals surface area contributed by atoms with Gasteiger partial charge in [-0.2, -0.15) is 0 Å². The molecule has 65 heteroatoms. The van der Waals surface area contributed by atoms with Gasteiger partial charge in [0.1, 0.15) is 274 Å². The molecule has 11 fully saturated rings. The number of hydrogen-bond donors (Lipinski definition) is 37. The molecule has 0 aromatic heterocycles. The van der Waals surface area contributed by atoms with Crippen molar-refractivity contribution in [2.24, 2.45) is 0 Å². The van der Waals surface area contributed by atoms with Crippen molar-refractivity contribution in [2.45, 2.75) is 417 Å². The van der Waals surface area contributed by atoms with Crippen molar-refractivity contribution in [2.75, 3.05) is 72.7 Å². The summed E-state index contributed by atoms with van der Waals surface area (Å²) in [5.41, 5.74) is 0. The summed E-state index contributed by atoms with van der Waals surface area (Å²) in [6, 6.07) is -12.2. The van der Waals surface area contributed by atoms with E-state index in [1.807, 2.05) is 0 Å². The molecule has 0 aliphatic carbocycles. The maximum atomic E-state index is 13.7. The van der Waals surface area contributed by atoms with Gasteiger partial charge in [-0.25, -0.2) is 0 Å². The van der Waals surface area contributed by atoms with E-state index >= 15 is 0 Å². The zero-order valence-electron chi connectivity index (χ0n) is 81.1. The molecule has 59 atom stereocenters. The van der Waals surface area contributed by atoms with E-state index in [-0.39, 0.29) is 0 Å². The third-order valence-corrected chi connectivity index (χ3v) is 27.1. The Kier molecular flexibility index (Phi) is 45.5. The Balaban J connectivity index is 1.02. The topological polar surface area (TPSA) is 1000 Å². The van der Waals surface area contributed by atoms with Gasteiger partial charge in [-0.05, 0) is 13.8 Å². The molecule has 11 aliphatic heterocycles. The number of aliphatic hydroxyl groups is 31. The van der Waals surface area contributed by atoms with Crippen LogP contribution in [0.25, 0.3) is 0 Å². The van der Waals surface area contributed by atoms with Crippen molar-refractivity contribution in [1.82, 2.24) is 31.9 Å². The molecule has 0 saturated carbocycles. The number of hydrogen-bond acceptors (Lipinski definition) is 59. The molecule has 11 saturated heterocycles. The Morgan fingerprint density at radius 2 is 0.537 bits per heavy atom. The van der Waals surface area contributed by atoms with Crippen LogP contribution in [0.4, 0.5) is 0 Å². The Morgan fingerprint density at radius 3 is 0.940 bits per heavy atom. The van der Waals surface area contributed by atoms with E-state index < -0.39 is 470 Å².